The predicted molar refractivity (Wildman–Crippen MR) is 90.9 cm³/mol. The van der Waals surface area contributed by atoms with E-state index in [1.807, 2.05) is 24.3 Å². The van der Waals surface area contributed by atoms with Crippen molar-refractivity contribution in [3.8, 4) is 23.7 Å². The third kappa shape index (κ3) is 6.47. The molecule has 0 atom stereocenters. The van der Waals surface area contributed by atoms with E-state index in [9.17, 15) is 21.6 Å². The first kappa shape index (κ1) is 21.6. The molecule has 1 aromatic heterocycles. The van der Waals surface area contributed by atoms with Crippen LogP contribution in [-0.2, 0) is 27.9 Å². The van der Waals surface area contributed by atoms with Gasteiger partial charge in [0.25, 0.3) is 0 Å². The van der Waals surface area contributed by atoms with E-state index in [0.29, 0.717) is 13.0 Å². The Labute approximate surface area is 159 Å². The summed E-state index contributed by atoms with van der Waals surface area (Å²) in [6.07, 6.45) is 0.570. The molecule has 0 aliphatic carbocycles. The maximum absolute atomic E-state index is 12.2. The molecule has 0 radical (unpaired) electrons. The largest absolute Gasteiger partial charge is 0.534 e. The van der Waals surface area contributed by atoms with E-state index >= 15 is 0 Å². The van der Waals surface area contributed by atoms with Gasteiger partial charge in [-0.3, -0.25) is 0 Å². The van der Waals surface area contributed by atoms with Gasteiger partial charge in [-0.15, -0.1) is 5.92 Å². The molecular formula is C17H16F3NO6S. The number of ether oxygens (including phenoxy) is 2. The van der Waals surface area contributed by atoms with Gasteiger partial charge in [0.1, 0.15) is 18.6 Å². The summed E-state index contributed by atoms with van der Waals surface area (Å²) in [6, 6.07) is 7.38. The average Bonchev–Trinajstić information content (AvgIpc) is 3.07. The summed E-state index contributed by atoms with van der Waals surface area (Å²) in [5.41, 5.74) is -4.38. The first-order valence-electron chi connectivity index (χ1n) is 7.83. The van der Waals surface area contributed by atoms with Gasteiger partial charge in [0.15, 0.2) is 0 Å². The number of hydrogen-bond donors (Lipinski definition) is 0. The minimum Gasteiger partial charge on any atom is -0.497 e. The number of aryl methyl sites for hydroxylation is 1. The van der Waals surface area contributed by atoms with Gasteiger partial charge in [-0.25, -0.2) is 0 Å². The fraction of sp³-hybridized carbons (Fsp3) is 0.353. The lowest BCUT2D eigenvalue weighted by molar-refractivity contribution is -0.0508. The Morgan fingerprint density at radius 2 is 1.89 bits per heavy atom. The summed E-state index contributed by atoms with van der Waals surface area (Å²) < 4.78 is 77.1. The van der Waals surface area contributed by atoms with Crippen LogP contribution < -0.4 is 8.92 Å². The number of nitrogens with zero attached hydrogens (tertiary/aromatic N) is 1. The van der Waals surface area contributed by atoms with Gasteiger partial charge in [-0.2, -0.15) is 26.6 Å². The fourth-order valence-electron chi connectivity index (χ4n) is 1.85. The quantitative estimate of drug-likeness (QED) is 0.281. The Morgan fingerprint density at radius 1 is 1.18 bits per heavy atom. The molecule has 0 N–H and O–H groups in total. The lowest BCUT2D eigenvalue weighted by atomic mass is 10.2. The molecule has 0 aliphatic rings. The zero-order valence-corrected chi connectivity index (χ0v) is 15.5. The molecule has 0 bridgehead atoms. The molecule has 1 heterocycles. The van der Waals surface area contributed by atoms with Crippen molar-refractivity contribution in [2.45, 2.75) is 25.0 Å². The van der Waals surface area contributed by atoms with Gasteiger partial charge in [0.05, 0.1) is 19.4 Å². The first-order chi connectivity index (χ1) is 13.2. The van der Waals surface area contributed by atoms with Crippen molar-refractivity contribution in [3.05, 3.63) is 41.8 Å². The van der Waals surface area contributed by atoms with Crippen LogP contribution in [-0.4, -0.2) is 32.6 Å². The van der Waals surface area contributed by atoms with Crippen LogP contribution in [0.3, 0.4) is 0 Å². The average molecular weight is 419 g/mol. The third-order valence-electron chi connectivity index (χ3n) is 3.23. The van der Waals surface area contributed by atoms with Crippen molar-refractivity contribution in [1.29, 1.82) is 0 Å². The van der Waals surface area contributed by atoms with Gasteiger partial charge in [-0.05, 0) is 17.7 Å². The van der Waals surface area contributed by atoms with Crippen molar-refractivity contribution < 1.29 is 39.7 Å². The zero-order valence-electron chi connectivity index (χ0n) is 14.7. The first-order valence-corrected chi connectivity index (χ1v) is 9.23. The highest BCUT2D eigenvalue weighted by molar-refractivity contribution is 7.87. The number of rotatable bonds is 8. The van der Waals surface area contributed by atoms with Crippen LogP contribution in [0.15, 0.2) is 34.9 Å². The monoisotopic (exact) mass is 419 g/mol. The summed E-state index contributed by atoms with van der Waals surface area (Å²) in [6.45, 7) is 0.583. The molecule has 2 aromatic rings. The smallest absolute Gasteiger partial charge is 0.497 e. The molecule has 0 fully saturated rings. The second-order valence-electron chi connectivity index (χ2n) is 5.28. The molecule has 7 nitrogen and oxygen atoms in total. The second-order valence-corrected chi connectivity index (χ2v) is 6.82. The molecule has 0 unspecified atom stereocenters. The Kier molecular flexibility index (Phi) is 7.31. The minimum atomic E-state index is -5.81. The number of benzene rings is 1. The predicted octanol–water partition coefficient (Wildman–Crippen LogP) is 3.06. The maximum Gasteiger partial charge on any atom is 0.534 e. The summed E-state index contributed by atoms with van der Waals surface area (Å²) in [5, 5.41) is 0. The van der Waals surface area contributed by atoms with Gasteiger partial charge >= 0.3 is 21.7 Å². The molecular weight excluding hydrogens is 403 g/mol. The van der Waals surface area contributed by atoms with E-state index in [1.165, 1.54) is 0 Å². The van der Waals surface area contributed by atoms with E-state index < -0.39 is 21.7 Å². The van der Waals surface area contributed by atoms with Crippen molar-refractivity contribution in [2.75, 3.05) is 13.7 Å². The van der Waals surface area contributed by atoms with Crippen LogP contribution in [0.1, 0.15) is 17.7 Å². The van der Waals surface area contributed by atoms with Crippen LogP contribution in [0.4, 0.5) is 13.2 Å². The molecule has 28 heavy (non-hydrogen) atoms. The molecule has 2 rings (SSSR count). The van der Waals surface area contributed by atoms with E-state index in [1.54, 1.807) is 7.11 Å². The minimum absolute atomic E-state index is 0.197. The Bertz CT molecular complexity index is 926. The van der Waals surface area contributed by atoms with E-state index in [0.717, 1.165) is 17.6 Å². The fourth-order valence-corrected chi connectivity index (χ4v) is 2.21. The molecule has 0 aliphatic heterocycles. The maximum atomic E-state index is 12.2. The van der Waals surface area contributed by atoms with Crippen molar-refractivity contribution >= 4 is 10.1 Å². The van der Waals surface area contributed by atoms with Crippen molar-refractivity contribution in [1.82, 2.24) is 4.98 Å². The summed E-state index contributed by atoms with van der Waals surface area (Å²) in [4.78, 5) is 3.52. The highest BCUT2D eigenvalue weighted by atomic mass is 32.2. The number of oxazole rings is 1. The highest BCUT2D eigenvalue weighted by Gasteiger charge is 2.49. The molecule has 1 aromatic carbocycles. The topological polar surface area (TPSA) is 87.9 Å². The summed E-state index contributed by atoms with van der Waals surface area (Å²) >= 11 is 0. The van der Waals surface area contributed by atoms with E-state index in [2.05, 4.69) is 25.4 Å². The molecule has 152 valence electrons. The Hall–Kier alpha value is -2.71. The standard InChI is InChI=1S/C17H16F3NO6S/c1-24-15-8-6-13(7-9-15)11-25-10-4-2-3-5-14-12-26-16(21-14)27-28(22,23)17(18,19)20/h6-9,12H,3,5,10-11H2,1H3. The van der Waals surface area contributed by atoms with Crippen molar-refractivity contribution in [2.24, 2.45) is 0 Å². The van der Waals surface area contributed by atoms with Crippen molar-refractivity contribution in [3.63, 3.8) is 0 Å². The summed E-state index contributed by atoms with van der Waals surface area (Å²) in [7, 11) is -4.23. The van der Waals surface area contributed by atoms with Gasteiger partial charge in [-0.1, -0.05) is 18.1 Å². The molecule has 0 amide bonds. The number of halogens is 3. The number of alkyl halides is 3. The molecule has 0 spiro atoms. The van der Waals surface area contributed by atoms with Crippen LogP contribution in [0.5, 0.6) is 11.8 Å². The Morgan fingerprint density at radius 3 is 2.54 bits per heavy atom. The second kappa shape index (κ2) is 9.48. The van der Waals surface area contributed by atoms with Crippen LogP contribution in [0, 0.1) is 11.8 Å². The van der Waals surface area contributed by atoms with Gasteiger partial charge in [0, 0.05) is 12.8 Å². The summed E-state index contributed by atoms with van der Waals surface area (Å²) in [5.74, 6) is 6.34. The molecule has 0 saturated heterocycles. The number of hydrogen-bond acceptors (Lipinski definition) is 7. The molecule has 0 saturated carbocycles. The lowest BCUT2D eigenvalue weighted by Crippen LogP contribution is -2.28. The third-order valence-corrected chi connectivity index (χ3v) is 4.16. The van der Waals surface area contributed by atoms with Crippen LogP contribution in [0.2, 0.25) is 0 Å². The normalized spacial score (nSPS) is 11.6. The SMILES string of the molecule is COc1ccc(COCC#CCCc2coc(OS(=O)(=O)C(F)(F)F)n2)cc1. The molecule has 11 heteroatoms. The van der Waals surface area contributed by atoms with E-state index in [4.69, 9.17) is 9.47 Å². The zero-order chi connectivity index (χ0) is 20.6. The lowest BCUT2D eigenvalue weighted by Gasteiger charge is -2.05. The highest BCUT2D eigenvalue weighted by Crippen LogP contribution is 2.26. The Balaban J connectivity index is 1.71. The number of aromatic nitrogens is 1. The van der Waals surface area contributed by atoms with Gasteiger partial charge < -0.3 is 18.1 Å². The van der Waals surface area contributed by atoms with Gasteiger partial charge in [0.2, 0.25) is 0 Å². The van der Waals surface area contributed by atoms with Crippen LogP contribution >= 0.6 is 0 Å². The van der Waals surface area contributed by atoms with Crippen LogP contribution in [0.25, 0.3) is 0 Å². The number of methoxy groups -OCH3 is 1. The van der Waals surface area contributed by atoms with E-state index in [-0.39, 0.29) is 18.7 Å².